The largest absolute Gasteiger partial charge is 0.330 e. The molecule has 1 unspecified atom stereocenters. The number of benzene rings is 1. The van der Waals surface area contributed by atoms with Gasteiger partial charge in [-0.25, -0.2) is 4.39 Å². The van der Waals surface area contributed by atoms with Gasteiger partial charge in [-0.05, 0) is 25.0 Å². The Labute approximate surface area is 132 Å². The molecule has 0 aliphatic carbocycles. The molecule has 2 amide bonds. The lowest BCUT2D eigenvalue weighted by Crippen LogP contribution is -2.44. The number of hydrogen-bond donors (Lipinski definition) is 1. The minimum absolute atomic E-state index is 0.0785. The number of hydrogen-bond acceptors (Lipinski definition) is 4. The van der Waals surface area contributed by atoms with Gasteiger partial charge in [0.1, 0.15) is 17.5 Å². The molecule has 1 fully saturated rings. The minimum Gasteiger partial charge on any atom is -0.330 e. The van der Waals surface area contributed by atoms with Gasteiger partial charge in [0.25, 0.3) is 5.69 Å². The van der Waals surface area contributed by atoms with Crippen molar-refractivity contribution in [3.63, 3.8) is 0 Å². The zero-order valence-electron chi connectivity index (χ0n) is 12.9. The van der Waals surface area contributed by atoms with E-state index in [9.17, 15) is 24.1 Å². The van der Waals surface area contributed by atoms with Gasteiger partial charge in [0.05, 0.1) is 11.0 Å². The van der Waals surface area contributed by atoms with Crippen LogP contribution in [-0.4, -0.2) is 34.2 Å². The molecule has 0 aromatic heterocycles. The van der Waals surface area contributed by atoms with E-state index in [0.29, 0.717) is 19.4 Å². The van der Waals surface area contributed by atoms with Crippen LogP contribution in [0.4, 0.5) is 15.8 Å². The van der Waals surface area contributed by atoms with Gasteiger partial charge in [-0.2, -0.15) is 0 Å². The van der Waals surface area contributed by atoms with Gasteiger partial charge in [0.15, 0.2) is 0 Å². The summed E-state index contributed by atoms with van der Waals surface area (Å²) < 4.78 is 13.1. The molecule has 124 valence electrons. The molecule has 1 heterocycles. The Bertz CT molecular complexity index is 648. The number of nitrogens with one attached hydrogen (secondary N) is 1. The molecule has 0 saturated carbocycles. The first-order valence-corrected chi connectivity index (χ1v) is 7.36. The van der Waals surface area contributed by atoms with E-state index in [1.54, 1.807) is 13.8 Å². The molecule has 1 saturated heterocycles. The SMILES string of the molecule is CC(C)C(=O)N1CCCC1C(=O)Nc1ccc(F)cc1[N+](=O)[O-]. The van der Waals surface area contributed by atoms with E-state index in [1.807, 2.05) is 0 Å². The van der Waals surface area contributed by atoms with Crippen molar-refractivity contribution in [1.82, 2.24) is 4.90 Å². The van der Waals surface area contributed by atoms with Crippen LogP contribution in [0.3, 0.4) is 0 Å². The van der Waals surface area contributed by atoms with Crippen LogP contribution in [0.2, 0.25) is 0 Å². The first-order chi connectivity index (χ1) is 10.8. The van der Waals surface area contributed by atoms with Crippen LogP contribution in [0.5, 0.6) is 0 Å². The van der Waals surface area contributed by atoms with Gasteiger partial charge in [-0.3, -0.25) is 19.7 Å². The van der Waals surface area contributed by atoms with Crippen molar-refractivity contribution in [2.24, 2.45) is 5.92 Å². The van der Waals surface area contributed by atoms with E-state index in [-0.39, 0.29) is 17.5 Å². The number of nitro groups is 1. The molecule has 1 aliphatic rings. The highest BCUT2D eigenvalue weighted by Crippen LogP contribution is 2.27. The fraction of sp³-hybridized carbons (Fsp3) is 0.467. The number of rotatable bonds is 4. The average molecular weight is 323 g/mol. The summed E-state index contributed by atoms with van der Waals surface area (Å²) in [5.74, 6) is -1.61. The quantitative estimate of drug-likeness (QED) is 0.680. The summed E-state index contributed by atoms with van der Waals surface area (Å²) in [6, 6.07) is 2.28. The highest BCUT2D eigenvalue weighted by atomic mass is 19.1. The van der Waals surface area contributed by atoms with E-state index in [2.05, 4.69) is 5.32 Å². The molecule has 7 nitrogen and oxygen atoms in total. The molecule has 1 aromatic rings. The van der Waals surface area contributed by atoms with Gasteiger partial charge in [-0.15, -0.1) is 0 Å². The topological polar surface area (TPSA) is 92.6 Å². The maximum atomic E-state index is 13.1. The van der Waals surface area contributed by atoms with E-state index in [4.69, 9.17) is 0 Å². The monoisotopic (exact) mass is 323 g/mol. The van der Waals surface area contributed by atoms with Crippen molar-refractivity contribution < 1.29 is 18.9 Å². The lowest BCUT2D eigenvalue weighted by atomic mass is 10.1. The Morgan fingerprint density at radius 3 is 2.74 bits per heavy atom. The van der Waals surface area contributed by atoms with E-state index in [1.165, 1.54) is 4.90 Å². The predicted octanol–water partition coefficient (Wildman–Crippen LogP) is 2.32. The number of anilines is 1. The van der Waals surface area contributed by atoms with Crippen molar-refractivity contribution in [3.8, 4) is 0 Å². The van der Waals surface area contributed by atoms with Gasteiger partial charge < -0.3 is 10.2 Å². The number of carbonyl (C=O) groups is 2. The van der Waals surface area contributed by atoms with Gasteiger partial charge in [0.2, 0.25) is 11.8 Å². The third-order valence-corrected chi connectivity index (χ3v) is 3.75. The summed E-state index contributed by atoms with van der Waals surface area (Å²) in [5, 5.41) is 13.4. The third-order valence-electron chi connectivity index (χ3n) is 3.75. The zero-order valence-corrected chi connectivity index (χ0v) is 12.9. The molecule has 0 radical (unpaired) electrons. The van der Waals surface area contributed by atoms with Crippen LogP contribution in [-0.2, 0) is 9.59 Å². The number of amides is 2. The maximum absolute atomic E-state index is 13.1. The molecule has 1 aromatic carbocycles. The number of halogens is 1. The van der Waals surface area contributed by atoms with Crippen molar-refractivity contribution in [2.75, 3.05) is 11.9 Å². The number of nitro benzene ring substituents is 1. The van der Waals surface area contributed by atoms with Crippen molar-refractivity contribution >= 4 is 23.2 Å². The fourth-order valence-corrected chi connectivity index (χ4v) is 2.61. The molecule has 2 rings (SSSR count). The lowest BCUT2D eigenvalue weighted by Gasteiger charge is -2.25. The lowest BCUT2D eigenvalue weighted by molar-refractivity contribution is -0.384. The van der Waals surface area contributed by atoms with Crippen LogP contribution in [0.1, 0.15) is 26.7 Å². The highest BCUT2D eigenvalue weighted by molar-refractivity contribution is 5.99. The highest BCUT2D eigenvalue weighted by Gasteiger charge is 2.35. The van der Waals surface area contributed by atoms with Crippen LogP contribution in [0.25, 0.3) is 0 Å². The number of nitrogens with zero attached hydrogens (tertiary/aromatic N) is 2. The first kappa shape index (κ1) is 16.9. The summed E-state index contributed by atoms with van der Waals surface area (Å²) in [7, 11) is 0. The second kappa shape index (κ2) is 6.72. The Morgan fingerprint density at radius 1 is 1.43 bits per heavy atom. The molecule has 0 spiro atoms. The third kappa shape index (κ3) is 3.64. The standard InChI is InChI=1S/C15H18FN3O4/c1-9(2)15(21)18-7-3-4-12(18)14(20)17-11-6-5-10(16)8-13(11)19(22)23/h5-6,8-9,12H,3-4,7H2,1-2H3,(H,17,20). The summed E-state index contributed by atoms with van der Waals surface area (Å²) in [6.45, 7) is 3.99. The molecular weight excluding hydrogens is 305 g/mol. The summed E-state index contributed by atoms with van der Waals surface area (Å²) >= 11 is 0. The second-order valence-electron chi connectivity index (χ2n) is 5.75. The Balaban J connectivity index is 2.19. The number of carbonyl (C=O) groups excluding carboxylic acids is 2. The summed E-state index contributed by atoms with van der Waals surface area (Å²) in [6.07, 6.45) is 1.20. The average Bonchev–Trinajstić information content (AvgIpc) is 2.97. The summed E-state index contributed by atoms with van der Waals surface area (Å²) in [4.78, 5) is 36.2. The molecule has 1 atom stereocenters. The van der Waals surface area contributed by atoms with E-state index >= 15 is 0 Å². The van der Waals surface area contributed by atoms with E-state index in [0.717, 1.165) is 18.2 Å². The Hall–Kier alpha value is -2.51. The predicted molar refractivity (Wildman–Crippen MR) is 81.3 cm³/mol. The molecular formula is C15H18FN3O4. The van der Waals surface area contributed by atoms with Gasteiger partial charge in [-0.1, -0.05) is 13.8 Å². The zero-order chi connectivity index (χ0) is 17.1. The van der Waals surface area contributed by atoms with Crippen LogP contribution < -0.4 is 5.32 Å². The van der Waals surface area contributed by atoms with Crippen molar-refractivity contribution in [2.45, 2.75) is 32.7 Å². The second-order valence-corrected chi connectivity index (χ2v) is 5.75. The number of likely N-dealkylation sites (tertiary alicyclic amines) is 1. The molecule has 8 heteroatoms. The fourth-order valence-electron chi connectivity index (χ4n) is 2.61. The maximum Gasteiger partial charge on any atom is 0.295 e. The molecule has 1 aliphatic heterocycles. The minimum atomic E-state index is -0.760. The van der Waals surface area contributed by atoms with Crippen LogP contribution in [0.15, 0.2) is 18.2 Å². The van der Waals surface area contributed by atoms with E-state index < -0.39 is 28.4 Å². The summed E-state index contributed by atoms with van der Waals surface area (Å²) in [5.41, 5.74) is -0.594. The Morgan fingerprint density at radius 2 is 2.13 bits per heavy atom. The smallest absolute Gasteiger partial charge is 0.295 e. The first-order valence-electron chi connectivity index (χ1n) is 7.36. The normalized spacial score (nSPS) is 17.4. The Kier molecular flexibility index (Phi) is 4.92. The van der Waals surface area contributed by atoms with Crippen molar-refractivity contribution in [3.05, 3.63) is 34.1 Å². The van der Waals surface area contributed by atoms with Crippen LogP contribution in [0, 0.1) is 21.8 Å². The van der Waals surface area contributed by atoms with Gasteiger partial charge >= 0.3 is 0 Å². The van der Waals surface area contributed by atoms with Crippen molar-refractivity contribution in [1.29, 1.82) is 0 Å². The van der Waals surface area contributed by atoms with Crippen LogP contribution >= 0.6 is 0 Å². The molecule has 0 bridgehead atoms. The molecule has 1 N–H and O–H groups in total. The van der Waals surface area contributed by atoms with Gasteiger partial charge in [0, 0.05) is 12.5 Å². The molecule has 23 heavy (non-hydrogen) atoms.